The van der Waals surface area contributed by atoms with E-state index in [2.05, 4.69) is 52.2 Å². The van der Waals surface area contributed by atoms with Gasteiger partial charge in [-0.2, -0.15) is 0 Å². The Hall–Kier alpha value is 0.0269. The first kappa shape index (κ1) is 9.12. The van der Waals surface area contributed by atoms with Gasteiger partial charge < -0.3 is 0 Å². The third-order valence-corrected chi connectivity index (χ3v) is 4.45. The smallest absolute Gasteiger partial charge is 0.118 e. The summed E-state index contributed by atoms with van der Waals surface area (Å²) in [7, 11) is -1.26. The molecule has 0 saturated heterocycles. The Bertz CT molecular complexity index is 257. The van der Waals surface area contributed by atoms with Gasteiger partial charge in [-0.1, -0.05) is 19.6 Å². The highest BCUT2D eigenvalue weighted by atomic mass is 127. The average molecular weight is 278 g/mol. The van der Waals surface area contributed by atoms with Gasteiger partial charge in [-0.05, 0) is 22.6 Å². The summed E-state index contributed by atoms with van der Waals surface area (Å²) in [5, 5.41) is 1.21. The molecule has 0 aliphatic carbocycles. The molecule has 0 aromatic carbocycles. The molecule has 0 N–H and O–H groups in total. The van der Waals surface area contributed by atoms with Gasteiger partial charge in [0, 0.05) is 12.4 Å². The minimum atomic E-state index is -1.26. The van der Waals surface area contributed by atoms with Gasteiger partial charge in [-0.15, -0.1) is 0 Å². The Kier molecular flexibility index (Phi) is 2.64. The second kappa shape index (κ2) is 3.18. The van der Waals surface area contributed by atoms with Crippen LogP contribution in [0.15, 0.2) is 12.4 Å². The fourth-order valence-corrected chi connectivity index (χ4v) is 4.70. The largest absolute Gasteiger partial charge is 0.262 e. The van der Waals surface area contributed by atoms with Gasteiger partial charge in [0.15, 0.2) is 0 Å². The zero-order chi connectivity index (χ0) is 8.48. The summed E-state index contributed by atoms with van der Waals surface area (Å²) < 4.78 is 1.06. The predicted molar refractivity (Wildman–Crippen MR) is 57.7 cm³/mol. The van der Waals surface area contributed by atoms with Gasteiger partial charge in [0.1, 0.15) is 11.8 Å². The van der Waals surface area contributed by atoms with Crippen LogP contribution >= 0.6 is 22.6 Å². The molecule has 11 heavy (non-hydrogen) atoms. The van der Waals surface area contributed by atoms with Crippen molar-refractivity contribution in [2.45, 2.75) is 19.6 Å². The quantitative estimate of drug-likeness (QED) is 0.576. The molecule has 1 rings (SSSR count). The van der Waals surface area contributed by atoms with Crippen molar-refractivity contribution in [3.05, 3.63) is 16.1 Å². The number of hydrogen-bond acceptors (Lipinski definition) is 2. The lowest BCUT2D eigenvalue weighted by Gasteiger charge is -2.15. The molecular formula is C7H11IN2Si. The predicted octanol–water partition coefficient (Wildman–Crippen LogP) is 1.63. The highest BCUT2D eigenvalue weighted by Gasteiger charge is 2.21. The van der Waals surface area contributed by atoms with Crippen molar-refractivity contribution in [2.75, 3.05) is 0 Å². The van der Waals surface area contributed by atoms with Crippen LogP contribution in [-0.2, 0) is 0 Å². The molecular weight excluding hydrogens is 267 g/mol. The lowest BCUT2D eigenvalue weighted by molar-refractivity contribution is 1.19. The topological polar surface area (TPSA) is 25.8 Å². The summed E-state index contributed by atoms with van der Waals surface area (Å²) in [5.41, 5.74) is 0. The fourth-order valence-electron chi connectivity index (χ4n) is 0.824. The highest BCUT2D eigenvalue weighted by Crippen LogP contribution is 2.04. The van der Waals surface area contributed by atoms with Gasteiger partial charge in [0.25, 0.3) is 0 Å². The van der Waals surface area contributed by atoms with Crippen molar-refractivity contribution < 1.29 is 0 Å². The normalized spacial score (nSPS) is 11.6. The Morgan fingerprint density at radius 2 is 1.73 bits per heavy atom. The molecule has 0 atom stereocenters. The average Bonchev–Trinajstić information content (AvgIpc) is 1.86. The van der Waals surface area contributed by atoms with Gasteiger partial charge in [0.05, 0.1) is 5.32 Å². The lowest BCUT2D eigenvalue weighted by Crippen LogP contribution is -2.42. The van der Waals surface area contributed by atoms with E-state index >= 15 is 0 Å². The van der Waals surface area contributed by atoms with Crippen molar-refractivity contribution in [2.24, 2.45) is 0 Å². The lowest BCUT2D eigenvalue weighted by atomic mass is 10.8. The highest BCUT2D eigenvalue weighted by molar-refractivity contribution is 14.1. The van der Waals surface area contributed by atoms with E-state index in [1.165, 1.54) is 5.32 Å². The summed E-state index contributed by atoms with van der Waals surface area (Å²) in [4.78, 5) is 8.55. The molecule has 1 aromatic heterocycles. The second-order valence-corrected chi connectivity index (χ2v) is 9.44. The molecule has 4 heteroatoms. The van der Waals surface area contributed by atoms with Crippen LogP contribution in [0.4, 0.5) is 0 Å². The monoisotopic (exact) mass is 278 g/mol. The van der Waals surface area contributed by atoms with Crippen LogP contribution in [0.2, 0.25) is 19.6 Å². The first-order valence-corrected chi connectivity index (χ1v) is 8.06. The number of nitrogens with zero attached hydrogens (tertiary/aromatic N) is 2. The molecule has 0 amide bonds. The molecule has 1 aromatic rings. The molecule has 0 saturated carbocycles. The van der Waals surface area contributed by atoms with E-state index in [-0.39, 0.29) is 0 Å². The maximum Gasteiger partial charge on any atom is 0.118 e. The van der Waals surface area contributed by atoms with Crippen LogP contribution in [0.5, 0.6) is 0 Å². The Balaban J connectivity index is 3.14. The second-order valence-electron chi connectivity index (χ2n) is 3.45. The molecule has 0 spiro atoms. The van der Waals surface area contributed by atoms with Crippen molar-refractivity contribution >= 4 is 36.0 Å². The number of hydrogen-bond donors (Lipinski definition) is 0. The Morgan fingerprint density at radius 1 is 1.18 bits per heavy atom. The van der Waals surface area contributed by atoms with Crippen LogP contribution in [0.3, 0.4) is 0 Å². The van der Waals surface area contributed by atoms with E-state index in [1.54, 1.807) is 12.4 Å². The number of aromatic nitrogens is 2. The van der Waals surface area contributed by atoms with E-state index in [9.17, 15) is 0 Å². The molecule has 2 nitrogen and oxygen atoms in total. The van der Waals surface area contributed by atoms with Crippen molar-refractivity contribution in [1.82, 2.24) is 9.97 Å². The van der Waals surface area contributed by atoms with Crippen LogP contribution in [0, 0.1) is 3.70 Å². The van der Waals surface area contributed by atoms with E-state index in [4.69, 9.17) is 0 Å². The summed E-state index contributed by atoms with van der Waals surface area (Å²) in [5.74, 6) is 0. The zero-order valence-corrected chi connectivity index (χ0v) is 10.1. The van der Waals surface area contributed by atoms with E-state index in [0.29, 0.717) is 0 Å². The molecule has 0 fully saturated rings. The molecule has 0 radical (unpaired) electrons. The minimum Gasteiger partial charge on any atom is -0.262 e. The van der Waals surface area contributed by atoms with Crippen molar-refractivity contribution in [1.29, 1.82) is 0 Å². The van der Waals surface area contributed by atoms with E-state index < -0.39 is 8.07 Å². The first-order valence-electron chi connectivity index (χ1n) is 3.49. The molecule has 0 aliphatic heterocycles. The summed E-state index contributed by atoms with van der Waals surface area (Å²) in [6.07, 6.45) is 3.52. The number of halogens is 1. The Labute approximate surface area is 81.6 Å². The molecule has 0 bridgehead atoms. The third kappa shape index (κ3) is 2.23. The standard InChI is InChI=1S/C7H11IN2Si/c1-11(2,3)7-6(8)9-4-5-10-7/h4-5H,1-3H3. The minimum absolute atomic E-state index is 1.06. The Morgan fingerprint density at radius 3 is 2.09 bits per heavy atom. The van der Waals surface area contributed by atoms with Gasteiger partial charge in [-0.25, -0.2) is 4.98 Å². The molecule has 1 heterocycles. The molecule has 0 aliphatic rings. The summed E-state index contributed by atoms with van der Waals surface area (Å²) >= 11 is 2.25. The first-order chi connectivity index (χ1) is 5.02. The maximum atomic E-state index is 4.34. The molecule has 60 valence electrons. The summed E-state index contributed by atoms with van der Waals surface area (Å²) in [6.45, 7) is 6.83. The SMILES string of the molecule is C[Si](C)(C)c1nccnc1I. The zero-order valence-electron chi connectivity index (χ0n) is 6.93. The number of rotatable bonds is 1. The van der Waals surface area contributed by atoms with E-state index in [1.807, 2.05) is 0 Å². The van der Waals surface area contributed by atoms with Crippen molar-refractivity contribution in [3.8, 4) is 0 Å². The fraction of sp³-hybridized carbons (Fsp3) is 0.429. The molecule has 0 unspecified atom stereocenters. The van der Waals surface area contributed by atoms with Gasteiger partial charge in [0.2, 0.25) is 0 Å². The van der Waals surface area contributed by atoms with Crippen molar-refractivity contribution in [3.63, 3.8) is 0 Å². The third-order valence-electron chi connectivity index (χ3n) is 1.36. The summed E-state index contributed by atoms with van der Waals surface area (Å²) in [6, 6.07) is 0. The van der Waals surface area contributed by atoms with Crippen LogP contribution < -0.4 is 5.32 Å². The van der Waals surface area contributed by atoms with E-state index in [0.717, 1.165) is 3.70 Å². The van der Waals surface area contributed by atoms with Crippen LogP contribution in [0.1, 0.15) is 0 Å². The van der Waals surface area contributed by atoms with Crippen LogP contribution in [-0.4, -0.2) is 18.0 Å². The van der Waals surface area contributed by atoms with Crippen LogP contribution in [0.25, 0.3) is 0 Å². The maximum absolute atomic E-state index is 4.34. The van der Waals surface area contributed by atoms with Gasteiger partial charge >= 0.3 is 0 Å². The van der Waals surface area contributed by atoms with Gasteiger partial charge in [-0.3, -0.25) is 4.98 Å².